The molecular weight excluding hydrogens is 383 g/mol. The molecular formula is C15H15IN2OS. The van der Waals surface area contributed by atoms with Gasteiger partial charge in [-0.05, 0) is 77.7 Å². The van der Waals surface area contributed by atoms with E-state index in [9.17, 15) is 4.79 Å². The van der Waals surface area contributed by atoms with Crippen LogP contribution in [-0.2, 0) is 0 Å². The molecule has 0 atom stereocenters. The van der Waals surface area contributed by atoms with Gasteiger partial charge in [0, 0.05) is 19.8 Å². The predicted molar refractivity (Wildman–Crippen MR) is 94.8 cm³/mol. The maximum Gasteiger partial charge on any atom is 0.323 e. The van der Waals surface area contributed by atoms with Gasteiger partial charge in [0.05, 0.1) is 0 Å². The Bertz CT molecular complexity index is 631. The number of thioether (sulfide) groups is 1. The maximum absolute atomic E-state index is 12.0. The number of rotatable bonds is 3. The van der Waals surface area contributed by atoms with Gasteiger partial charge in [-0.25, -0.2) is 4.79 Å². The van der Waals surface area contributed by atoms with Crippen LogP contribution in [-0.4, -0.2) is 12.3 Å². The van der Waals surface area contributed by atoms with Gasteiger partial charge in [-0.2, -0.15) is 0 Å². The van der Waals surface area contributed by atoms with E-state index in [0.717, 1.165) is 25.4 Å². The number of hydrogen-bond donors (Lipinski definition) is 2. The first-order valence-corrected chi connectivity index (χ1v) is 8.37. The van der Waals surface area contributed by atoms with E-state index in [0.29, 0.717) is 0 Å². The Morgan fingerprint density at radius 3 is 2.65 bits per heavy atom. The second kappa shape index (κ2) is 6.99. The third kappa shape index (κ3) is 4.14. The molecule has 0 aliphatic carbocycles. The Kier molecular flexibility index (Phi) is 5.31. The van der Waals surface area contributed by atoms with Gasteiger partial charge in [0.15, 0.2) is 0 Å². The normalized spacial score (nSPS) is 10.2. The number of carbonyl (C=O) groups excluding carboxylic acids is 1. The molecule has 2 aromatic carbocycles. The summed E-state index contributed by atoms with van der Waals surface area (Å²) in [5.74, 6) is 0. The second-order valence-electron chi connectivity index (χ2n) is 4.27. The highest BCUT2D eigenvalue weighted by molar-refractivity contribution is 14.1. The number of amides is 2. The topological polar surface area (TPSA) is 41.1 Å². The molecule has 0 spiro atoms. The van der Waals surface area contributed by atoms with Crippen molar-refractivity contribution in [3.8, 4) is 0 Å². The van der Waals surface area contributed by atoms with Gasteiger partial charge in [0.2, 0.25) is 0 Å². The Morgan fingerprint density at radius 1 is 1.15 bits per heavy atom. The molecule has 3 nitrogen and oxygen atoms in total. The van der Waals surface area contributed by atoms with E-state index in [1.165, 1.54) is 0 Å². The summed E-state index contributed by atoms with van der Waals surface area (Å²) in [6.45, 7) is 1.98. The van der Waals surface area contributed by atoms with Crippen LogP contribution in [0.1, 0.15) is 5.56 Å². The van der Waals surface area contributed by atoms with Crippen molar-refractivity contribution in [1.82, 2.24) is 0 Å². The monoisotopic (exact) mass is 398 g/mol. The minimum absolute atomic E-state index is 0.229. The zero-order valence-electron chi connectivity index (χ0n) is 11.2. The van der Waals surface area contributed by atoms with Crippen molar-refractivity contribution in [1.29, 1.82) is 0 Å². The van der Waals surface area contributed by atoms with E-state index in [1.807, 2.05) is 55.6 Å². The smallest absolute Gasteiger partial charge is 0.308 e. The Labute approximate surface area is 136 Å². The minimum atomic E-state index is -0.229. The van der Waals surface area contributed by atoms with Gasteiger partial charge >= 0.3 is 6.03 Å². The second-order valence-corrected chi connectivity index (χ2v) is 6.40. The quantitative estimate of drug-likeness (QED) is 0.567. The van der Waals surface area contributed by atoms with Crippen molar-refractivity contribution in [3.63, 3.8) is 0 Å². The molecule has 0 aromatic heterocycles. The molecule has 0 radical (unpaired) electrons. The molecule has 0 fully saturated rings. The average molecular weight is 398 g/mol. The van der Waals surface area contributed by atoms with Crippen LogP contribution in [0.25, 0.3) is 0 Å². The third-order valence-electron chi connectivity index (χ3n) is 2.76. The summed E-state index contributed by atoms with van der Waals surface area (Å²) >= 11 is 3.90. The third-order valence-corrected chi connectivity index (χ3v) is 4.16. The summed E-state index contributed by atoms with van der Waals surface area (Å²) in [6, 6.07) is 13.4. The summed E-state index contributed by atoms with van der Waals surface area (Å²) in [6.07, 6.45) is 2.01. The van der Waals surface area contributed by atoms with Crippen molar-refractivity contribution < 1.29 is 4.79 Å². The number of urea groups is 1. The van der Waals surface area contributed by atoms with Gasteiger partial charge in [-0.3, -0.25) is 0 Å². The van der Waals surface area contributed by atoms with Crippen LogP contribution in [0.4, 0.5) is 16.2 Å². The largest absolute Gasteiger partial charge is 0.323 e. The van der Waals surface area contributed by atoms with Crippen LogP contribution in [0, 0.1) is 10.5 Å². The fourth-order valence-corrected chi connectivity index (χ4v) is 2.86. The predicted octanol–water partition coefficient (Wildman–Crippen LogP) is 4.97. The number of hydrogen-bond acceptors (Lipinski definition) is 2. The molecule has 0 saturated heterocycles. The van der Waals surface area contributed by atoms with E-state index in [2.05, 4.69) is 33.2 Å². The van der Waals surface area contributed by atoms with Gasteiger partial charge < -0.3 is 10.6 Å². The SMILES string of the molecule is CSc1cccc(NC(=O)Nc2ccc(I)cc2C)c1. The Morgan fingerprint density at radius 2 is 1.95 bits per heavy atom. The highest BCUT2D eigenvalue weighted by Gasteiger charge is 2.05. The van der Waals surface area contributed by atoms with E-state index in [1.54, 1.807) is 11.8 Å². The van der Waals surface area contributed by atoms with Crippen LogP contribution in [0.15, 0.2) is 47.4 Å². The van der Waals surface area contributed by atoms with Gasteiger partial charge in [0.25, 0.3) is 0 Å². The standard InChI is InChI=1S/C15H15IN2OS/c1-10-8-11(16)6-7-14(10)18-15(19)17-12-4-3-5-13(9-12)20-2/h3-9H,1-2H3,(H2,17,18,19). The first-order valence-electron chi connectivity index (χ1n) is 6.06. The van der Waals surface area contributed by atoms with Crippen LogP contribution in [0.5, 0.6) is 0 Å². The minimum Gasteiger partial charge on any atom is -0.308 e. The first-order chi connectivity index (χ1) is 9.58. The zero-order chi connectivity index (χ0) is 14.5. The lowest BCUT2D eigenvalue weighted by molar-refractivity contribution is 0.262. The van der Waals surface area contributed by atoms with Gasteiger partial charge in [-0.1, -0.05) is 6.07 Å². The number of carbonyl (C=O) groups is 1. The molecule has 0 unspecified atom stereocenters. The van der Waals surface area contributed by atoms with Crippen LogP contribution < -0.4 is 10.6 Å². The van der Waals surface area contributed by atoms with Crippen molar-refractivity contribution >= 4 is 51.8 Å². The Hall–Kier alpha value is -1.21. The molecule has 20 heavy (non-hydrogen) atoms. The number of halogens is 1. The molecule has 0 aliphatic heterocycles. The molecule has 0 heterocycles. The number of anilines is 2. The van der Waals surface area contributed by atoms with Crippen LogP contribution >= 0.6 is 34.4 Å². The van der Waals surface area contributed by atoms with Gasteiger partial charge in [0.1, 0.15) is 0 Å². The highest BCUT2D eigenvalue weighted by atomic mass is 127. The molecule has 104 valence electrons. The maximum atomic E-state index is 12.0. The van der Waals surface area contributed by atoms with Crippen LogP contribution in [0.3, 0.4) is 0 Å². The van der Waals surface area contributed by atoms with Crippen molar-refractivity contribution in [3.05, 3.63) is 51.6 Å². The fraction of sp³-hybridized carbons (Fsp3) is 0.133. The summed E-state index contributed by atoms with van der Waals surface area (Å²) in [7, 11) is 0. The molecule has 2 rings (SSSR count). The lowest BCUT2D eigenvalue weighted by atomic mass is 10.2. The average Bonchev–Trinajstić information content (AvgIpc) is 2.42. The lowest BCUT2D eigenvalue weighted by Gasteiger charge is -2.10. The summed E-state index contributed by atoms with van der Waals surface area (Å²) in [5.41, 5.74) is 2.66. The molecule has 0 saturated carbocycles. The molecule has 5 heteroatoms. The summed E-state index contributed by atoms with van der Waals surface area (Å²) in [5, 5.41) is 5.70. The number of nitrogens with one attached hydrogen (secondary N) is 2. The summed E-state index contributed by atoms with van der Waals surface area (Å²) < 4.78 is 1.15. The number of aryl methyl sites for hydroxylation is 1. The molecule has 0 bridgehead atoms. The van der Waals surface area contributed by atoms with E-state index in [4.69, 9.17) is 0 Å². The van der Waals surface area contributed by atoms with Crippen LogP contribution in [0.2, 0.25) is 0 Å². The summed E-state index contributed by atoms with van der Waals surface area (Å²) in [4.78, 5) is 13.1. The molecule has 2 amide bonds. The number of benzene rings is 2. The van der Waals surface area contributed by atoms with Crippen molar-refractivity contribution in [2.24, 2.45) is 0 Å². The van der Waals surface area contributed by atoms with E-state index >= 15 is 0 Å². The lowest BCUT2D eigenvalue weighted by Crippen LogP contribution is -2.19. The molecule has 2 N–H and O–H groups in total. The van der Waals surface area contributed by atoms with Crippen molar-refractivity contribution in [2.75, 3.05) is 16.9 Å². The zero-order valence-corrected chi connectivity index (χ0v) is 14.2. The molecule has 0 aliphatic rings. The molecule has 2 aromatic rings. The first kappa shape index (κ1) is 15.2. The Balaban J connectivity index is 2.05. The highest BCUT2D eigenvalue weighted by Crippen LogP contribution is 2.20. The van der Waals surface area contributed by atoms with E-state index in [-0.39, 0.29) is 6.03 Å². The fourth-order valence-electron chi connectivity index (χ4n) is 1.75. The van der Waals surface area contributed by atoms with E-state index < -0.39 is 0 Å². The van der Waals surface area contributed by atoms with Gasteiger partial charge in [-0.15, -0.1) is 11.8 Å². The van der Waals surface area contributed by atoms with Crippen molar-refractivity contribution in [2.45, 2.75) is 11.8 Å².